The maximum absolute atomic E-state index is 11.7. The van der Waals surface area contributed by atoms with E-state index in [1.54, 1.807) is 0 Å². The SMILES string of the molecule is CC(C)C[C@H](N)C(=O)NC1CCOCC1.Cl. The van der Waals surface area contributed by atoms with Crippen LogP contribution in [0.25, 0.3) is 0 Å². The number of carbonyl (C=O) groups is 1. The first-order chi connectivity index (χ1) is 7.09. The lowest BCUT2D eigenvalue weighted by Gasteiger charge is -2.25. The highest BCUT2D eigenvalue weighted by atomic mass is 35.5. The minimum absolute atomic E-state index is 0. The van der Waals surface area contributed by atoms with Crippen LogP contribution in [0.15, 0.2) is 0 Å². The molecule has 0 aliphatic carbocycles. The Balaban J connectivity index is 0.00000225. The largest absolute Gasteiger partial charge is 0.381 e. The van der Waals surface area contributed by atoms with Gasteiger partial charge in [-0.05, 0) is 25.2 Å². The zero-order chi connectivity index (χ0) is 11.3. The molecule has 0 saturated carbocycles. The van der Waals surface area contributed by atoms with E-state index in [1.165, 1.54) is 0 Å². The van der Waals surface area contributed by atoms with Gasteiger partial charge in [-0.25, -0.2) is 0 Å². The number of amides is 1. The molecule has 1 saturated heterocycles. The summed E-state index contributed by atoms with van der Waals surface area (Å²) in [5, 5.41) is 2.98. The Labute approximate surface area is 104 Å². The van der Waals surface area contributed by atoms with Crippen LogP contribution in [-0.2, 0) is 9.53 Å². The highest BCUT2D eigenvalue weighted by Gasteiger charge is 2.20. The van der Waals surface area contributed by atoms with Crippen molar-refractivity contribution in [1.29, 1.82) is 0 Å². The number of halogens is 1. The van der Waals surface area contributed by atoms with Crippen molar-refractivity contribution in [3.63, 3.8) is 0 Å². The molecule has 1 rings (SSSR count). The number of hydrogen-bond donors (Lipinski definition) is 2. The van der Waals surface area contributed by atoms with E-state index in [0.29, 0.717) is 5.92 Å². The van der Waals surface area contributed by atoms with E-state index in [9.17, 15) is 4.79 Å². The molecule has 0 unspecified atom stereocenters. The number of nitrogens with one attached hydrogen (secondary N) is 1. The van der Waals surface area contributed by atoms with E-state index >= 15 is 0 Å². The molecule has 0 bridgehead atoms. The highest BCUT2D eigenvalue weighted by Crippen LogP contribution is 2.08. The molecule has 0 radical (unpaired) electrons. The van der Waals surface area contributed by atoms with Crippen molar-refractivity contribution in [1.82, 2.24) is 5.32 Å². The molecule has 1 aliphatic heterocycles. The molecule has 16 heavy (non-hydrogen) atoms. The van der Waals surface area contributed by atoms with Crippen LogP contribution < -0.4 is 11.1 Å². The van der Waals surface area contributed by atoms with E-state index in [0.717, 1.165) is 32.5 Å². The van der Waals surface area contributed by atoms with Crippen LogP contribution >= 0.6 is 12.4 Å². The predicted molar refractivity (Wildman–Crippen MR) is 66.7 cm³/mol. The first-order valence-corrected chi connectivity index (χ1v) is 5.73. The maximum Gasteiger partial charge on any atom is 0.237 e. The smallest absolute Gasteiger partial charge is 0.237 e. The molecule has 1 amide bonds. The van der Waals surface area contributed by atoms with Crippen molar-refractivity contribution in [2.45, 2.75) is 45.2 Å². The third-order valence-corrected chi connectivity index (χ3v) is 2.63. The number of nitrogens with two attached hydrogens (primary N) is 1. The summed E-state index contributed by atoms with van der Waals surface area (Å²) >= 11 is 0. The second-order valence-electron chi connectivity index (χ2n) is 4.63. The predicted octanol–water partition coefficient (Wildman–Crippen LogP) is 1.08. The van der Waals surface area contributed by atoms with Crippen molar-refractivity contribution in [3.8, 4) is 0 Å². The van der Waals surface area contributed by atoms with Crippen molar-refractivity contribution in [2.24, 2.45) is 11.7 Å². The molecule has 96 valence electrons. The molecule has 0 aromatic rings. The molecule has 0 aromatic heterocycles. The Morgan fingerprint density at radius 2 is 2.00 bits per heavy atom. The molecule has 5 heteroatoms. The molecule has 4 nitrogen and oxygen atoms in total. The van der Waals surface area contributed by atoms with Crippen LogP contribution in [0.3, 0.4) is 0 Å². The van der Waals surface area contributed by atoms with E-state index in [2.05, 4.69) is 19.2 Å². The minimum atomic E-state index is -0.368. The molecule has 3 N–H and O–H groups in total. The zero-order valence-electron chi connectivity index (χ0n) is 10.1. The van der Waals surface area contributed by atoms with Crippen LogP contribution in [0.2, 0.25) is 0 Å². The number of ether oxygens (including phenoxy) is 1. The molecule has 1 aliphatic rings. The summed E-state index contributed by atoms with van der Waals surface area (Å²) in [5.74, 6) is 0.441. The first-order valence-electron chi connectivity index (χ1n) is 5.73. The van der Waals surface area contributed by atoms with E-state index in [1.807, 2.05) is 0 Å². The monoisotopic (exact) mass is 250 g/mol. The van der Waals surface area contributed by atoms with Crippen molar-refractivity contribution in [3.05, 3.63) is 0 Å². The van der Waals surface area contributed by atoms with Crippen molar-refractivity contribution < 1.29 is 9.53 Å². The van der Waals surface area contributed by atoms with Gasteiger partial charge in [0.1, 0.15) is 0 Å². The standard InChI is InChI=1S/C11H22N2O2.ClH/c1-8(2)7-10(12)11(14)13-9-3-5-15-6-4-9;/h8-10H,3-7,12H2,1-2H3,(H,13,14);1H/t10-;/m0./s1. The molecule has 0 spiro atoms. The summed E-state index contributed by atoms with van der Waals surface area (Å²) in [4.78, 5) is 11.7. The Hall–Kier alpha value is -0.320. The average molecular weight is 251 g/mol. The van der Waals surface area contributed by atoms with Crippen LogP contribution in [0.5, 0.6) is 0 Å². The summed E-state index contributed by atoms with van der Waals surface area (Å²) in [6.45, 7) is 5.62. The fourth-order valence-electron chi connectivity index (χ4n) is 1.77. The normalized spacial score (nSPS) is 19.0. The van der Waals surface area contributed by atoms with Crippen LogP contribution in [0.4, 0.5) is 0 Å². The summed E-state index contributed by atoms with van der Waals surface area (Å²) < 4.78 is 5.22. The third-order valence-electron chi connectivity index (χ3n) is 2.63. The van der Waals surface area contributed by atoms with Gasteiger partial charge in [0.05, 0.1) is 6.04 Å². The number of carbonyl (C=O) groups excluding carboxylic acids is 1. The lowest BCUT2D eigenvalue weighted by molar-refractivity contribution is -0.124. The van der Waals surface area contributed by atoms with E-state index in [-0.39, 0.29) is 30.4 Å². The van der Waals surface area contributed by atoms with Gasteiger partial charge in [0, 0.05) is 19.3 Å². The van der Waals surface area contributed by atoms with Gasteiger partial charge in [-0.2, -0.15) is 0 Å². The maximum atomic E-state index is 11.7. The van der Waals surface area contributed by atoms with Gasteiger partial charge < -0.3 is 15.8 Å². The van der Waals surface area contributed by atoms with E-state index in [4.69, 9.17) is 10.5 Å². The zero-order valence-corrected chi connectivity index (χ0v) is 10.9. The van der Waals surface area contributed by atoms with Gasteiger partial charge in [-0.3, -0.25) is 4.79 Å². The van der Waals surface area contributed by atoms with Gasteiger partial charge in [-0.15, -0.1) is 12.4 Å². The summed E-state index contributed by atoms with van der Waals surface area (Å²) in [7, 11) is 0. The first kappa shape index (κ1) is 15.7. The lowest BCUT2D eigenvalue weighted by atomic mass is 10.0. The fourth-order valence-corrected chi connectivity index (χ4v) is 1.77. The van der Waals surface area contributed by atoms with E-state index < -0.39 is 0 Å². The molecule has 1 heterocycles. The van der Waals surface area contributed by atoms with Crippen molar-refractivity contribution >= 4 is 18.3 Å². The van der Waals surface area contributed by atoms with Crippen LogP contribution in [0.1, 0.15) is 33.1 Å². The topological polar surface area (TPSA) is 64.4 Å². The molecular formula is C11H23ClN2O2. The second-order valence-corrected chi connectivity index (χ2v) is 4.63. The molecule has 1 atom stereocenters. The summed E-state index contributed by atoms with van der Waals surface area (Å²) in [6.07, 6.45) is 2.55. The van der Waals surface area contributed by atoms with Crippen LogP contribution in [0, 0.1) is 5.92 Å². The Kier molecular flexibility index (Phi) is 7.72. The number of hydrogen-bond acceptors (Lipinski definition) is 3. The van der Waals surface area contributed by atoms with Crippen LogP contribution in [-0.4, -0.2) is 31.2 Å². The highest BCUT2D eigenvalue weighted by molar-refractivity contribution is 5.85. The van der Waals surface area contributed by atoms with Gasteiger partial charge >= 0.3 is 0 Å². The van der Waals surface area contributed by atoms with Gasteiger partial charge in [0.15, 0.2) is 0 Å². The fraction of sp³-hybridized carbons (Fsp3) is 0.909. The molecular weight excluding hydrogens is 228 g/mol. The quantitative estimate of drug-likeness (QED) is 0.785. The second kappa shape index (κ2) is 7.87. The third kappa shape index (κ3) is 5.68. The van der Waals surface area contributed by atoms with Gasteiger partial charge in [-0.1, -0.05) is 13.8 Å². The number of rotatable bonds is 4. The van der Waals surface area contributed by atoms with Crippen molar-refractivity contribution in [2.75, 3.05) is 13.2 Å². The average Bonchev–Trinajstić information content (AvgIpc) is 2.18. The summed E-state index contributed by atoms with van der Waals surface area (Å²) in [5.41, 5.74) is 5.79. The summed E-state index contributed by atoms with van der Waals surface area (Å²) in [6, 6.07) is -0.114. The Bertz CT molecular complexity index is 206. The Morgan fingerprint density at radius 1 is 1.44 bits per heavy atom. The lowest BCUT2D eigenvalue weighted by Crippen LogP contribution is -2.47. The molecule has 1 fully saturated rings. The molecule has 0 aromatic carbocycles. The van der Waals surface area contributed by atoms with Gasteiger partial charge in [0.25, 0.3) is 0 Å². The Morgan fingerprint density at radius 3 is 2.50 bits per heavy atom. The minimum Gasteiger partial charge on any atom is -0.381 e. The van der Waals surface area contributed by atoms with Gasteiger partial charge in [0.2, 0.25) is 5.91 Å².